The minimum atomic E-state index is -1.03. The number of nitrogens with zero attached hydrogens (tertiary/aromatic N) is 3. The van der Waals surface area contributed by atoms with E-state index in [1.54, 1.807) is 43.3 Å². The van der Waals surface area contributed by atoms with Crippen molar-refractivity contribution in [2.24, 2.45) is 11.0 Å². The normalized spacial score (nSPS) is 20.7. The topological polar surface area (TPSA) is 79.3 Å². The molecule has 2 aliphatic heterocycles. The van der Waals surface area contributed by atoms with Gasteiger partial charge in [0.1, 0.15) is 12.0 Å². The summed E-state index contributed by atoms with van der Waals surface area (Å²) in [7, 11) is 0. The van der Waals surface area contributed by atoms with Crippen molar-refractivity contribution in [1.29, 1.82) is 0 Å². The van der Waals surface area contributed by atoms with E-state index in [2.05, 4.69) is 5.10 Å². The molecule has 0 saturated carbocycles. The summed E-state index contributed by atoms with van der Waals surface area (Å²) in [5.74, 6) is -2.69. The quantitative estimate of drug-likeness (QED) is 0.571. The van der Waals surface area contributed by atoms with Crippen LogP contribution in [0.5, 0.6) is 0 Å². The number of aryl methyl sites for hydroxylation is 1. The number of amides is 2. The summed E-state index contributed by atoms with van der Waals surface area (Å²) in [6, 6.07) is 12.8. The first-order valence-electron chi connectivity index (χ1n) is 9.17. The Hall–Kier alpha value is -3.19. The summed E-state index contributed by atoms with van der Waals surface area (Å²) in [6.45, 7) is 3.75. The van der Waals surface area contributed by atoms with Crippen molar-refractivity contribution in [3.63, 3.8) is 0 Å². The lowest BCUT2D eigenvalue weighted by molar-refractivity contribution is -0.136. The summed E-state index contributed by atoms with van der Waals surface area (Å²) in [4.78, 5) is 40.0. The second-order valence-corrected chi connectivity index (χ2v) is 7.23. The van der Waals surface area contributed by atoms with E-state index in [1.807, 2.05) is 19.1 Å². The molecule has 2 heterocycles. The molecule has 1 fully saturated rings. The van der Waals surface area contributed by atoms with Gasteiger partial charge < -0.3 is 4.74 Å². The molecule has 1 saturated heterocycles. The molecule has 148 valence electrons. The minimum Gasteiger partial charge on any atom is -0.461 e. The molecular formula is C21H18ClN3O4. The average Bonchev–Trinajstić information content (AvgIpc) is 3.21. The molecule has 7 nitrogen and oxygen atoms in total. The van der Waals surface area contributed by atoms with Gasteiger partial charge in [-0.3, -0.25) is 14.6 Å². The Bertz CT molecular complexity index is 1020. The number of rotatable bonds is 4. The molecular weight excluding hydrogens is 394 g/mol. The van der Waals surface area contributed by atoms with E-state index in [4.69, 9.17) is 16.3 Å². The maximum Gasteiger partial charge on any atom is 0.355 e. The molecule has 2 aliphatic rings. The van der Waals surface area contributed by atoms with Crippen molar-refractivity contribution in [3.8, 4) is 0 Å². The molecule has 2 atom stereocenters. The lowest BCUT2D eigenvalue weighted by atomic mass is 9.97. The van der Waals surface area contributed by atoms with Gasteiger partial charge in [-0.15, -0.1) is 0 Å². The summed E-state index contributed by atoms with van der Waals surface area (Å²) >= 11 is 5.93. The van der Waals surface area contributed by atoms with Gasteiger partial charge in [-0.2, -0.15) is 5.10 Å². The number of benzene rings is 2. The highest BCUT2D eigenvalue weighted by molar-refractivity contribution is 6.47. The van der Waals surface area contributed by atoms with Crippen LogP contribution >= 0.6 is 11.6 Å². The Kier molecular flexibility index (Phi) is 4.84. The van der Waals surface area contributed by atoms with Crippen molar-refractivity contribution < 1.29 is 19.1 Å². The first kappa shape index (κ1) is 19.1. The van der Waals surface area contributed by atoms with E-state index in [0.29, 0.717) is 16.4 Å². The zero-order chi connectivity index (χ0) is 20.7. The molecule has 0 aliphatic carbocycles. The van der Waals surface area contributed by atoms with Crippen LogP contribution in [0.1, 0.15) is 12.5 Å². The first-order valence-corrected chi connectivity index (χ1v) is 9.55. The molecule has 0 spiro atoms. The highest BCUT2D eigenvalue weighted by atomic mass is 35.5. The van der Waals surface area contributed by atoms with Gasteiger partial charge in [0.05, 0.1) is 18.0 Å². The van der Waals surface area contributed by atoms with Crippen LogP contribution in [0.25, 0.3) is 0 Å². The Morgan fingerprint density at radius 2 is 1.66 bits per heavy atom. The number of imide groups is 1. The molecule has 0 radical (unpaired) electrons. The Morgan fingerprint density at radius 3 is 2.28 bits per heavy atom. The molecule has 8 heteroatoms. The lowest BCUT2D eigenvalue weighted by Gasteiger charge is -2.22. The summed E-state index contributed by atoms with van der Waals surface area (Å²) in [6.07, 6.45) is 0. The van der Waals surface area contributed by atoms with E-state index in [1.165, 1.54) is 5.01 Å². The van der Waals surface area contributed by atoms with Crippen LogP contribution in [0.3, 0.4) is 0 Å². The lowest BCUT2D eigenvalue weighted by Crippen LogP contribution is -2.39. The molecule has 0 aromatic heterocycles. The fraction of sp³-hybridized carbons (Fsp3) is 0.238. The van der Waals surface area contributed by atoms with E-state index < -0.39 is 29.7 Å². The Labute approximate surface area is 172 Å². The number of carbonyl (C=O) groups excluding carboxylic acids is 3. The highest BCUT2D eigenvalue weighted by Gasteiger charge is 2.59. The highest BCUT2D eigenvalue weighted by Crippen LogP contribution is 2.38. The van der Waals surface area contributed by atoms with Crippen molar-refractivity contribution in [2.45, 2.75) is 19.9 Å². The fourth-order valence-corrected chi connectivity index (χ4v) is 3.67. The van der Waals surface area contributed by atoms with Crippen LogP contribution < -0.4 is 9.91 Å². The average molecular weight is 412 g/mol. The van der Waals surface area contributed by atoms with Gasteiger partial charge in [0.25, 0.3) is 5.91 Å². The van der Waals surface area contributed by atoms with Gasteiger partial charge in [0.2, 0.25) is 5.91 Å². The predicted octanol–water partition coefficient (Wildman–Crippen LogP) is 2.95. The van der Waals surface area contributed by atoms with Crippen molar-refractivity contribution >= 4 is 46.5 Å². The third kappa shape index (κ3) is 3.17. The standard InChI is InChI=1S/C21H18ClN3O4/c1-3-29-21(28)17-16-18(25(23-17)15-8-4-12(2)5-9-15)20(27)24(19(16)26)14-10-6-13(22)7-11-14/h4-11,16,18H,3H2,1-2H3/t16-,18+/m1/s1. The molecule has 29 heavy (non-hydrogen) atoms. The fourth-order valence-electron chi connectivity index (χ4n) is 3.54. The molecule has 0 bridgehead atoms. The number of hydrazone groups is 1. The molecule has 2 amide bonds. The number of hydrogen-bond acceptors (Lipinski definition) is 6. The van der Waals surface area contributed by atoms with Crippen LogP contribution in [0, 0.1) is 12.8 Å². The molecule has 2 aromatic rings. The van der Waals surface area contributed by atoms with Gasteiger partial charge in [-0.25, -0.2) is 9.69 Å². The Balaban J connectivity index is 1.78. The number of fused-ring (bicyclic) bond motifs is 1. The van der Waals surface area contributed by atoms with Gasteiger partial charge >= 0.3 is 5.97 Å². The largest absolute Gasteiger partial charge is 0.461 e. The number of carbonyl (C=O) groups is 3. The predicted molar refractivity (Wildman–Crippen MR) is 109 cm³/mol. The second-order valence-electron chi connectivity index (χ2n) is 6.80. The van der Waals surface area contributed by atoms with Crippen molar-refractivity contribution in [3.05, 3.63) is 59.1 Å². The zero-order valence-corrected chi connectivity index (χ0v) is 16.6. The van der Waals surface area contributed by atoms with E-state index in [-0.39, 0.29) is 12.3 Å². The van der Waals surface area contributed by atoms with Crippen LogP contribution in [0.15, 0.2) is 53.6 Å². The monoisotopic (exact) mass is 411 g/mol. The van der Waals surface area contributed by atoms with E-state index >= 15 is 0 Å². The molecule has 2 aromatic carbocycles. The van der Waals surface area contributed by atoms with Crippen molar-refractivity contribution in [1.82, 2.24) is 0 Å². The van der Waals surface area contributed by atoms with Gasteiger partial charge in [-0.05, 0) is 50.2 Å². The third-order valence-corrected chi connectivity index (χ3v) is 5.17. The van der Waals surface area contributed by atoms with Gasteiger partial charge in [0, 0.05) is 5.02 Å². The van der Waals surface area contributed by atoms with Crippen LogP contribution in [0.2, 0.25) is 5.02 Å². The number of hydrogen-bond donors (Lipinski definition) is 0. The molecule has 4 rings (SSSR count). The van der Waals surface area contributed by atoms with Gasteiger partial charge in [0.15, 0.2) is 5.71 Å². The zero-order valence-electron chi connectivity index (χ0n) is 15.8. The van der Waals surface area contributed by atoms with Crippen molar-refractivity contribution in [2.75, 3.05) is 16.5 Å². The smallest absolute Gasteiger partial charge is 0.355 e. The summed E-state index contributed by atoms with van der Waals surface area (Å²) < 4.78 is 5.08. The SMILES string of the molecule is CCOC(=O)C1=NN(c2ccc(C)cc2)[C@@H]2C(=O)N(c3ccc(Cl)cc3)C(=O)[C@H]12. The Morgan fingerprint density at radius 1 is 1.03 bits per heavy atom. The maximum atomic E-state index is 13.3. The van der Waals surface area contributed by atoms with E-state index in [9.17, 15) is 14.4 Å². The van der Waals surface area contributed by atoms with Gasteiger partial charge in [-0.1, -0.05) is 29.3 Å². The number of anilines is 2. The van der Waals surface area contributed by atoms with Crippen LogP contribution in [-0.2, 0) is 19.1 Å². The van der Waals surface area contributed by atoms with E-state index in [0.717, 1.165) is 10.5 Å². The maximum absolute atomic E-state index is 13.3. The van der Waals surface area contributed by atoms with Crippen LogP contribution in [-0.4, -0.2) is 36.1 Å². The number of esters is 1. The second kappa shape index (κ2) is 7.33. The minimum absolute atomic E-state index is 0.0627. The molecule has 0 N–H and O–H groups in total. The number of halogens is 1. The molecule has 0 unspecified atom stereocenters. The van der Waals surface area contributed by atoms with Crippen LogP contribution in [0.4, 0.5) is 11.4 Å². The third-order valence-electron chi connectivity index (χ3n) is 4.92. The summed E-state index contributed by atoms with van der Waals surface area (Å²) in [5, 5.41) is 6.25. The first-order chi connectivity index (χ1) is 13.9. The number of ether oxygens (including phenoxy) is 1. The summed E-state index contributed by atoms with van der Waals surface area (Å²) in [5.41, 5.74) is 1.98.